The third kappa shape index (κ3) is 3.05. The van der Waals surface area contributed by atoms with E-state index in [1.807, 2.05) is 0 Å². The van der Waals surface area contributed by atoms with E-state index in [9.17, 15) is 0 Å². The van der Waals surface area contributed by atoms with Crippen molar-refractivity contribution in [2.75, 3.05) is 11.9 Å². The van der Waals surface area contributed by atoms with Gasteiger partial charge in [0.25, 0.3) is 0 Å². The number of hydrogen-bond acceptors (Lipinski definition) is 2. The van der Waals surface area contributed by atoms with E-state index in [1.54, 1.807) is 0 Å². The first-order chi connectivity index (χ1) is 8.72. The topological polar surface area (TPSA) is 24.1 Å². The lowest BCUT2D eigenvalue weighted by molar-refractivity contribution is 0.387. The summed E-state index contributed by atoms with van der Waals surface area (Å²) in [5, 5.41) is 7.26. The molecule has 1 aliphatic rings. The summed E-state index contributed by atoms with van der Waals surface area (Å²) >= 11 is 0. The van der Waals surface area contributed by atoms with Crippen LogP contribution in [0.15, 0.2) is 18.2 Å². The zero-order valence-corrected chi connectivity index (χ0v) is 11.9. The van der Waals surface area contributed by atoms with Gasteiger partial charge in [0.15, 0.2) is 0 Å². The molecule has 0 saturated carbocycles. The van der Waals surface area contributed by atoms with E-state index in [-0.39, 0.29) is 0 Å². The third-order valence-electron chi connectivity index (χ3n) is 3.96. The molecule has 0 aliphatic carbocycles. The minimum atomic E-state index is 0.615. The summed E-state index contributed by atoms with van der Waals surface area (Å²) in [5.74, 6) is 0.697. The zero-order valence-electron chi connectivity index (χ0n) is 11.9. The zero-order chi connectivity index (χ0) is 13.0. The van der Waals surface area contributed by atoms with Crippen LogP contribution in [0, 0.1) is 5.92 Å². The number of para-hydroxylation sites is 1. The Bertz CT molecular complexity index is 385. The summed E-state index contributed by atoms with van der Waals surface area (Å²) in [6.07, 6.45) is 3.67. The van der Waals surface area contributed by atoms with Crippen LogP contribution in [0.3, 0.4) is 0 Å². The standard InChI is InChI=1S/C16H26N2/c1-4-15(12(2)3)18-11-14-8-5-7-13-9-6-10-17-16(13)14/h5,7-8,12,15,17-18H,4,6,9-11H2,1-3H3. The summed E-state index contributed by atoms with van der Waals surface area (Å²) in [4.78, 5) is 0. The van der Waals surface area contributed by atoms with Crippen molar-refractivity contribution in [2.45, 2.75) is 52.6 Å². The average Bonchev–Trinajstić information content (AvgIpc) is 2.39. The summed E-state index contributed by atoms with van der Waals surface area (Å²) in [7, 11) is 0. The molecule has 1 heterocycles. The smallest absolute Gasteiger partial charge is 0.0418 e. The van der Waals surface area contributed by atoms with Gasteiger partial charge in [0.1, 0.15) is 0 Å². The molecule has 0 spiro atoms. The molecule has 2 N–H and O–H groups in total. The number of fused-ring (bicyclic) bond motifs is 1. The van der Waals surface area contributed by atoms with Gasteiger partial charge < -0.3 is 10.6 Å². The Morgan fingerprint density at radius 2 is 2.17 bits per heavy atom. The number of rotatable bonds is 5. The molecular weight excluding hydrogens is 220 g/mol. The Morgan fingerprint density at radius 3 is 2.89 bits per heavy atom. The number of aryl methyl sites for hydroxylation is 1. The Balaban J connectivity index is 2.05. The second-order valence-corrected chi connectivity index (χ2v) is 5.62. The molecule has 1 atom stereocenters. The van der Waals surface area contributed by atoms with Gasteiger partial charge in [-0.25, -0.2) is 0 Å². The number of hydrogen-bond donors (Lipinski definition) is 2. The Morgan fingerprint density at radius 1 is 1.33 bits per heavy atom. The lowest BCUT2D eigenvalue weighted by Crippen LogP contribution is -2.33. The van der Waals surface area contributed by atoms with E-state index < -0.39 is 0 Å². The predicted molar refractivity (Wildman–Crippen MR) is 79.0 cm³/mol. The molecule has 1 aromatic rings. The molecule has 18 heavy (non-hydrogen) atoms. The van der Waals surface area contributed by atoms with E-state index in [0.717, 1.165) is 13.1 Å². The maximum atomic E-state index is 3.70. The van der Waals surface area contributed by atoms with Crippen LogP contribution >= 0.6 is 0 Å². The molecule has 0 fully saturated rings. The lowest BCUT2D eigenvalue weighted by Gasteiger charge is -2.24. The van der Waals surface area contributed by atoms with Crippen molar-refractivity contribution in [2.24, 2.45) is 5.92 Å². The minimum Gasteiger partial charge on any atom is -0.385 e. The molecule has 2 nitrogen and oxygen atoms in total. The molecule has 0 bridgehead atoms. The maximum Gasteiger partial charge on any atom is 0.0418 e. The molecule has 2 heteroatoms. The Labute approximate surface area is 111 Å². The Hall–Kier alpha value is -1.02. The molecule has 0 radical (unpaired) electrons. The highest BCUT2D eigenvalue weighted by Gasteiger charge is 2.14. The van der Waals surface area contributed by atoms with E-state index in [2.05, 4.69) is 49.6 Å². The highest BCUT2D eigenvalue weighted by Crippen LogP contribution is 2.26. The van der Waals surface area contributed by atoms with E-state index >= 15 is 0 Å². The van der Waals surface area contributed by atoms with Crippen LogP contribution in [0.1, 0.15) is 44.7 Å². The fraction of sp³-hybridized carbons (Fsp3) is 0.625. The Kier molecular flexibility index (Phi) is 4.65. The van der Waals surface area contributed by atoms with E-state index in [0.29, 0.717) is 12.0 Å². The SMILES string of the molecule is CCC(NCc1cccc2c1NCCC2)C(C)C. The van der Waals surface area contributed by atoms with Crippen molar-refractivity contribution >= 4 is 5.69 Å². The normalized spacial score (nSPS) is 16.2. The van der Waals surface area contributed by atoms with Crippen LogP contribution in [0.25, 0.3) is 0 Å². The van der Waals surface area contributed by atoms with Crippen LogP contribution in [0.4, 0.5) is 5.69 Å². The predicted octanol–water partition coefficient (Wildman–Crippen LogP) is 3.57. The summed E-state index contributed by atoms with van der Waals surface area (Å²) in [6, 6.07) is 7.31. The second kappa shape index (κ2) is 6.24. The van der Waals surface area contributed by atoms with Crippen molar-refractivity contribution in [3.8, 4) is 0 Å². The third-order valence-corrected chi connectivity index (χ3v) is 3.96. The van der Waals surface area contributed by atoms with Gasteiger partial charge in [0.05, 0.1) is 0 Å². The van der Waals surface area contributed by atoms with Gasteiger partial charge in [-0.3, -0.25) is 0 Å². The van der Waals surface area contributed by atoms with Crippen molar-refractivity contribution < 1.29 is 0 Å². The van der Waals surface area contributed by atoms with Crippen molar-refractivity contribution in [1.29, 1.82) is 0 Å². The van der Waals surface area contributed by atoms with Crippen LogP contribution in [-0.2, 0) is 13.0 Å². The maximum absolute atomic E-state index is 3.70. The molecule has 1 unspecified atom stereocenters. The number of benzene rings is 1. The molecule has 2 rings (SSSR count). The van der Waals surface area contributed by atoms with Crippen LogP contribution in [0.2, 0.25) is 0 Å². The highest BCUT2D eigenvalue weighted by atomic mass is 14.9. The fourth-order valence-electron chi connectivity index (χ4n) is 2.82. The molecule has 0 aromatic heterocycles. The number of nitrogens with one attached hydrogen (secondary N) is 2. The molecular formula is C16H26N2. The van der Waals surface area contributed by atoms with Gasteiger partial charge in [-0.1, -0.05) is 39.0 Å². The first kappa shape index (κ1) is 13.4. The first-order valence-electron chi connectivity index (χ1n) is 7.30. The van der Waals surface area contributed by atoms with Crippen molar-refractivity contribution in [3.63, 3.8) is 0 Å². The van der Waals surface area contributed by atoms with E-state index in [1.165, 1.54) is 36.1 Å². The van der Waals surface area contributed by atoms with Gasteiger partial charge in [-0.05, 0) is 36.3 Å². The first-order valence-corrected chi connectivity index (χ1v) is 7.30. The largest absolute Gasteiger partial charge is 0.385 e. The molecule has 1 aromatic carbocycles. The number of anilines is 1. The highest BCUT2D eigenvalue weighted by molar-refractivity contribution is 5.59. The van der Waals surface area contributed by atoms with Crippen LogP contribution in [-0.4, -0.2) is 12.6 Å². The summed E-state index contributed by atoms with van der Waals surface area (Å²) < 4.78 is 0. The monoisotopic (exact) mass is 246 g/mol. The summed E-state index contributed by atoms with van der Waals surface area (Å²) in [5.41, 5.74) is 4.29. The molecule has 0 saturated heterocycles. The van der Waals surface area contributed by atoms with Crippen molar-refractivity contribution in [1.82, 2.24) is 5.32 Å². The minimum absolute atomic E-state index is 0.615. The molecule has 0 amide bonds. The second-order valence-electron chi connectivity index (χ2n) is 5.62. The lowest BCUT2D eigenvalue weighted by atomic mass is 9.98. The van der Waals surface area contributed by atoms with Crippen LogP contribution < -0.4 is 10.6 Å². The average molecular weight is 246 g/mol. The van der Waals surface area contributed by atoms with Gasteiger partial charge in [0, 0.05) is 24.8 Å². The van der Waals surface area contributed by atoms with Gasteiger partial charge >= 0.3 is 0 Å². The molecule has 100 valence electrons. The van der Waals surface area contributed by atoms with E-state index in [4.69, 9.17) is 0 Å². The van der Waals surface area contributed by atoms with Gasteiger partial charge in [-0.15, -0.1) is 0 Å². The molecule has 1 aliphatic heterocycles. The fourth-order valence-corrected chi connectivity index (χ4v) is 2.82. The summed E-state index contributed by atoms with van der Waals surface area (Å²) in [6.45, 7) is 8.94. The van der Waals surface area contributed by atoms with Crippen molar-refractivity contribution in [3.05, 3.63) is 29.3 Å². The van der Waals surface area contributed by atoms with Crippen LogP contribution in [0.5, 0.6) is 0 Å². The van der Waals surface area contributed by atoms with Gasteiger partial charge in [-0.2, -0.15) is 0 Å². The van der Waals surface area contributed by atoms with Gasteiger partial charge in [0.2, 0.25) is 0 Å². The quantitative estimate of drug-likeness (QED) is 0.830.